The third kappa shape index (κ3) is 8.04. The number of aryl methyl sites for hydroxylation is 1. The molecule has 0 saturated carbocycles. The zero-order valence-electron chi connectivity index (χ0n) is 23.5. The standard InChI is InChI=1S/C30H33ClF3N3O4S/c1-4-17-35-29(39)27(5-2)36(19-22-13-11-21(3)12-14-22)28(38)20-37(42(40,41)24-9-7-6-8-10-24)23-15-16-26(31)25(18-23)30(32,33)34/h6-16,18,27H,4-5,17,19-20H2,1-3H3,(H,35,39). The summed E-state index contributed by atoms with van der Waals surface area (Å²) in [4.78, 5) is 28.2. The second-order valence-corrected chi connectivity index (χ2v) is 12.0. The predicted molar refractivity (Wildman–Crippen MR) is 157 cm³/mol. The first kappa shape index (κ1) is 32.9. The second-order valence-electron chi connectivity index (χ2n) is 9.71. The predicted octanol–water partition coefficient (Wildman–Crippen LogP) is 6.20. The summed E-state index contributed by atoms with van der Waals surface area (Å²) in [5.74, 6) is -1.18. The Hall–Kier alpha value is -3.57. The van der Waals surface area contributed by atoms with Crippen LogP contribution in [0.15, 0.2) is 77.7 Å². The van der Waals surface area contributed by atoms with Crippen molar-refractivity contribution in [3.63, 3.8) is 0 Å². The Morgan fingerprint density at radius 2 is 1.62 bits per heavy atom. The molecule has 0 aliphatic carbocycles. The van der Waals surface area contributed by atoms with Crippen LogP contribution in [0.25, 0.3) is 0 Å². The fourth-order valence-corrected chi connectivity index (χ4v) is 5.96. The summed E-state index contributed by atoms with van der Waals surface area (Å²) in [5, 5.41) is 2.16. The number of hydrogen-bond acceptors (Lipinski definition) is 4. The molecule has 42 heavy (non-hydrogen) atoms. The fourth-order valence-electron chi connectivity index (χ4n) is 4.31. The van der Waals surface area contributed by atoms with Crippen molar-refractivity contribution in [1.29, 1.82) is 0 Å². The van der Waals surface area contributed by atoms with Crippen molar-refractivity contribution in [2.75, 3.05) is 17.4 Å². The summed E-state index contributed by atoms with van der Waals surface area (Å²) < 4.78 is 69.5. The molecule has 0 heterocycles. The Morgan fingerprint density at radius 3 is 2.19 bits per heavy atom. The molecular weight excluding hydrogens is 591 g/mol. The van der Waals surface area contributed by atoms with E-state index in [9.17, 15) is 31.2 Å². The third-order valence-electron chi connectivity index (χ3n) is 6.56. The molecule has 0 aliphatic rings. The van der Waals surface area contributed by atoms with Crippen molar-refractivity contribution in [1.82, 2.24) is 10.2 Å². The number of sulfonamides is 1. The van der Waals surface area contributed by atoms with Crippen LogP contribution in [0.5, 0.6) is 0 Å². The molecule has 1 N–H and O–H groups in total. The number of nitrogens with zero attached hydrogens (tertiary/aromatic N) is 2. The van der Waals surface area contributed by atoms with E-state index in [2.05, 4.69) is 5.32 Å². The average Bonchev–Trinajstić information content (AvgIpc) is 2.95. The molecule has 2 amide bonds. The second kappa shape index (κ2) is 14.1. The van der Waals surface area contributed by atoms with Gasteiger partial charge in [-0.05, 0) is 55.7 Å². The first-order valence-electron chi connectivity index (χ1n) is 13.4. The quantitative estimate of drug-likeness (QED) is 0.260. The Kier molecular flexibility index (Phi) is 11.0. The van der Waals surface area contributed by atoms with Crippen LogP contribution < -0.4 is 9.62 Å². The molecule has 3 aromatic rings. The van der Waals surface area contributed by atoms with E-state index in [4.69, 9.17) is 11.6 Å². The minimum atomic E-state index is -4.87. The van der Waals surface area contributed by atoms with Gasteiger partial charge in [-0.25, -0.2) is 8.42 Å². The smallest absolute Gasteiger partial charge is 0.354 e. The van der Waals surface area contributed by atoms with Gasteiger partial charge in [-0.2, -0.15) is 13.2 Å². The number of rotatable bonds is 12. The summed E-state index contributed by atoms with van der Waals surface area (Å²) in [7, 11) is -4.53. The molecule has 12 heteroatoms. The van der Waals surface area contributed by atoms with E-state index in [-0.39, 0.29) is 17.9 Å². The highest BCUT2D eigenvalue weighted by Crippen LogP contribution is 2.38. The lowest BCUT2D eigenvalue weighted by molar-refractivity contribution is -0.140. The van der Waals surface area contributed by atoms with Crippen LogP contribution in [0.4, 0.5) is 18.9 Å². The van der Waals surface area contributed by atoms with Crippen LogP contribution in [-0.2, 0) is 32.3 Å². The summed E-state index contributed by atoms with van der Waals surface area (Å²) in [6, 6.07) is 16.0. The highest BCUT2D eigenvalue weighted by atomic mass is 35.5. The van der Waals surface area contributed by atoms with Crippen LogP contribution in [0.2, 0.25) is 5.02 Å². The number of halogens is 4. The van der Waals surface area contributed by atoms with Gasteiger partial charge in [0.1, 0.15) is 12.6 Å². The SMILES string of the molecule is CCCNC(=O)C(CC)N(Cc1ccc(C)cc1)C(=O)CN(c1ccc(Cl)c(C(F)(F)F)c1)S(=O)(=O)c1ccccc1. The Balaban J connectivity index is 2.12. The minimum Gasteiger partial charge on any atom is -0.354 e. The van der Waals surface area contributed by atoms with Gasteiger partial charge < -0.3 is 10.2 Å². The highest BCUT2D eigenvalue weighted by Gasteiger charge is 2.37. The van der Waals surface area contributed by atoms with E-state index in [1.807, 2.05) is 26.0 Å². The normalized spacial score (nSPS) is 12.5. The van der Waals surface area contributed by atoms with Crippen molar-refractivity contribution >= 4 is 39.1 Å². The highest BCUT2D eigenvalue weighted by molar-refractivity contribution is 7.92. The van der Waals surface area contributed by atoms with Gasteiger partial charge in [0.2, 0.25) is 11.8 Å². The van der Waals surface area contributed by atoms with Crippen molar-refractivity contribution in [2.24, 2.45) is 0 Å². The molecular formula is C30H33ClF3N3O4S. The lowest BCUT2D eigenvalue weighted by Gasteiger charge is -2.33. The molecule has 0 aromatic heterocycles. The summed E-state index contributed by atoms with van der Waals surface area (Å²) in [5.41, 5.74) is 0.0265. The monoisotopic (exact) mass is 623 g/mol. The molecule has 1 atom stereocenters. The van der Waals surface area contributed by atoms with Crippen molar-refractivity contribution in [3.05, 3.63) is 94.5 Å². The Bertz CT molecular complexity index is 1480. The van der Waals surface area contributed by atoms with E-state index in [1.165, 1.54) is 29.2 Å². The molecule has 3 aromatic carbocycles. The molecule has 3 rings (SSSR count). The molecule has 0 bridgehead atoms. The number of hydrogen-bond donors (Lipinski definition) is 1. The third-order valence-corrected chi connectivity index (χ3v) is 8.68. The average molecular weight is 624 g/mol. The maximum absolute atomic E-state index is 14.0. The van der Waals surface area contributed by atoms with E-state index in [1.54, 1.807) is 25.1 Å². The summed E-state index contributed by atoms with van der Waals surface area (Å²) in [6.07, 6.45) is -3.99. The minimum absolute atomic E-state index is 0.0230. The van der Waals surface area contributed by atoms with Crippen molar-refractivity contribution < 1.29 is 31.2 Å². The molecule has 226 valence electrons. The maximum Gasteiger partial charge on any atom is 0.417 e. The molecule has 0 saturated heterocycles. The van der Waals surface area contributed by atoms with Gasteiger partial charge in [-0.15, -0.1) is 0 Å². The number of carbonyl (C=O) groups excluding carboxylic acids is 2. The number of amides is 2. The first-order chi connectivity index (χ1) is 19.8. The number of anilines is 1. The van der Waals surface area contributed by atoms with E-state index >= 15 is 0 Å². The summed E-state index contributed by atoms with van der Waals surface area (Å²) >= 11 is 5.80. The number of benzene rings is 3. The van der Waals surface area contributed by atoms with Crippen LogP contribution in [0.3, 0.4) is 0 Å². The zero-order chi connectivity index (χ0) is 31.1. The van der Waals surface area contributed by atoms with Gasteiger partial charge >= 0.3 is 6.18 Å². The zero-order valence-corrected chi connectivity index (χ0v) is 25.1. The number of carbonyl (C=O) groups is 2. The van der Waals surface area contributed by atoms with E-state index in [0.29, 0.717) is 28.9 Å². The van der Waals surface area contributed by atoms with E-state index in [0.717, 1.165) is 17.7 Å². The Morgan fingerprint density at radius 1 is 0.976 bits per heavy atom. The van der Waals surface area contributed by atoms with Gasteiger partial charge in [0.05, 0.1) is 21.2 Å². The first-order valence-corrected chi connectivity index (χ1v) is 15.2. The topological polar surface area (TPSA) is 86.8 Å². The molecule has 0 fully saturated rings. The lowest BCUT2D eigenvalue weighted by Crippen LogP contribution is -2.52. The van der Waals surface area contributed by atoms with Crippen LogP contribution in [-0.4, -0.2) is 44.3 Å². The maximum atomic E-state index is 14.0. The number of nitrogens with one attached hydrogen (secondary N) is 1. The van der Waals surface area contributed by atoms with Gasteiger partial charge in [-0.1, -0.05) is 73.5 Å². The molecule has 1 unspecified atom stereocenters. The summed E-state index contributed by atoms with van der Waals surface area (Å²) in [6.45, 7) is 4.99. The van der Waals surface area contributed by atoms with Crippen molar-refractivity contribution in [2.45, 2.75) is 57.3 Å². The van der Waals surface area contributed by atoms with Gasteiger partial charge in [0.15, 0.2) is 0 Å². The fraction of sp³-hybridized carbons (Fsp3) is 0.333. The largest absolute Gasteiger partial charge is 0.417 e. The molecule has 0 radical (unpaired) electrons. The van der Waals surface area contributed by atoms with E-state index < -0.39 is 56.9 Å². The van der Waals surface area contributed by atoms with Gasteiger partial charge in [-0.3, -0.25) is 13.9 Å². The van der Waals surface area contributed by atoms with Crippen LogP contribution in [0.1, 0.15) is 43.4 Å². The van der Waals surface area contributed by atoms with Crippen LogP contribution >= 0.6 is 11.6 Å². The van der Waals surface area contributed by atoms with Gasteiger partial charge in [0, 0.05) is 13.1 Å². The van der Waals surface area contributed by atoms with Crippen molar-refractivity contribution in [3.8, 4) is 0 Å². The Labute approximate surface area is 249 Å². The van der Waals surface area contributed by atoms with Gasteiger partial charge in [0.25, 0.3) is 10.0 Å². The van der Waals surface area contributed by atoms with Crippen LogP contribution in [0, 0.1) is 6.92 Å². The molecule has 0 aliphatic heterocycles. The lowest BCUT2D eigenvalue weighted by atomic mass is 10.1. The molecule has 7 nitrogen and oxygen atoms in total. The number of alkyl halides is 3. The molecule has 0 spiro atoms.